The summed E-state index contributed by atoms with van der Waals surface area (Å²) >= 11 is 7.80. The molecule has 0 aliphatic heterocycles. The molecule has 1 aliphatic carbocycles. The highest BCUT2D eigenvalue weighted by Gasteiger charge is 2.43. The van der Waals surface area contributed by atoms with E-state index in [-0.39, 0.29) is 40.8 Å². The third-order valence-corrected chi connectivity index (χ3v) is 8.03. The van der Waals surface area contributed by atoms with Gasteiger partial charge in [-0.2, -0.15) is 0 Å². The molecule has 0 radical (unpaired) electrons. The zero-order chi connectivity index (χ0) is 26.8. The number of rotatable bonds is 7. The molecule has 36 heavy (non-hydrogen) atoms. The number of thioether (sulfide) groups is 1. The van der Waals surface area contributed by atoms with Crippen LogP contribution in [0.5, 0.6) is 0 Å². The third kappa shape index (κ3) is 6.25. The summed E-state index contributed by atoms with van der Waals surface area (Å²) in [6.07, 6.45) is 1.09. The lowest BCUT2D eigenvalue weighted by molar-refractivity contribution is -0.125. The highest BCUT2D eigenvalue weighted by molar-refractivity contribution is 8.00. The lowest BCUT2D eigenvalue weighted by Gasteiger charge is -2.43. The van der Waals surface area contributed by atoms with E-state index in [0.717, 1.165) is 0 Å². The van der Waals surface area contributed by atoms with Crippen molar-refractivity contribution in [1.29, 1.82) is 0 Å². The van der Waals surface area contributed by atoms with E-state index < -0.39 is 29.0 Å². The number of nitrogens with one attached hydrogen (secondary N) is 2. The second-order valence-electron chi connectivity index (χ2n) is 9.33. The van der Waals surface area contributed by atoms with Crippen molar-refractivity contribution >= 4 is 40.9 Å². The molecular formula is C26H28ClF3N2O3S. The lowest BCUT2D eigenvalue weighted by atomic mass is 9.73. The van der Waals surface area contributed by atoms with Gasteiger partial charge in [0, 0.05) is 39.4 Å². The van der Waals surface area contributed by atoms with Gasteiger partial charge < -0.3 is 15.7 Å². The highest BCUT2D eigenvalue weighted by atomic mass is 35.5. The van der Waals surface area contributed by atoms with Crippen LogP contribution in [-0.2, 0) is 4.79 Å². The first-order valence-electron chi connectivity index (χ1n) is 11.4. The topological polar surface area (TPSA) is 78.4 Å². The average Bonchev–Trinajstić information content (AvgIpc) is 2.80. The van der Waals surface area contributed by atoms with Crippen LogP contribution >= 0.6 is 23.4 Å². The lowest BCUT2D eigenvalue weighted by Crippen LogP contribution is -2.52. The van der Waals surface area contributed by atoms with Crippen molar-refractivity contribution in [3.8, 4) is 0 Å². The quantitative estimate of drug-likeness (QED) is 0.299. The SMILES string of the molecule is C=C1C[C@H](Sc2cc(C(=O)Nc3cc(F)c(F)c(F)c3)ccc2Cl)CC(C)[C@]1(O)CNC(=O)C(C)C. The molecule has 3 rings (SSSR count). The molecule has 1 saturated carbocycles. The second kappa shape index (κ2) is 11.3. The van der Waals surface area contributed by atoms with Crippen molar-refractivity contribution in [1.82, 2.24) is 5.32 Å². The van der Waals surface area contributed by atoms with Crippen LogP contribution in [0.15, 0.2) is 47.4 Å². The largest absolute Gasteiger partial charge is 0.383 e. The van der Waals surface area contributed by atoms with Gasteiger partial charge in [-0.1, -0.05) is 39.0 Å². The number of benzene rings is 2. The van der Waals surface area contributed by atoms with Gasteiger partial charge in [0.15, 0.2) is 17.5 Å². The molecule has 0 aromatic heterocycles. The Hall–Kier alpha value is -2.49. The molecule has 1 aliphatic rings. The van der Waals surface area contributed by atoms with E-state index in [2.05, 4.69) is 17.2 Å². The maximum atomic E-state index is 13.5. The van der Waals surface area contributed by atoms with Gasteiger partial charge in [0.25, 0.3) is 5.91 Å². The summed E-state index contributed by atoms with van der Waals surface area (Å²) in [5, 5.41) is 16.8. The van der Waals surface area contributed by atoms with Crippen LogP contribution in [-0.4, -0.2) is 34.3 Å². The molecule has 1 unspecified atom stereocenters. The second-order valence-corrected chi connectivity index (χ2v) is 11.1. The Morgan fingerprint density at radius 2 is 1.86 bits per heavy atom. The van der Waals surface area contributed by atoms with Crippen molar-refractivity contribution in [3.05, 3.63) is 70.5 Å². The van der Waals surface area contributed by atoms with Gasteiger partial charge in [-0.25, -0.2) is 13.2 Å². The van der Waals surface area contributed by atoms with E-state index >= 15 is 0 Å². The Labute approximate surface area is 217 Å². The van der Waals surface area contributed by atoms with E-state index in [1.54, 1.807) is 26.0 Å². The summed E-state index contributed by atoms with van der Waals surface area (Å²) in [6, 6.07) is 5.97. The predicted octanol–water partition coefficient (Wildman–Crippen LogP) is 5.96. The van der Waals surface area contributed by atoms with Crippen LogP contribution in [0.2, 0.25) is 5.02 Å². The van der Waals surface area contributed by atoms with Gasteiger partial charge in [0.1, 0.15) is 5.60 Å². The number of hydrogen-bond donors (Lipinski definition) is 3. The number of carbonyl (C=O) groups is 2. The fourth-order valence-electron chi connectivity index (χ4n) is 4.03. The van der Waals surface area contributed by atoms with Crippen LogP contribution in [0, 0.1) is 29.3 Å². The van der Waals surface area contributed by atoms with Gasteiger partial charge >= 0.3 is 0 Å². The number of carbonyl (C=O) groups excluding carboxylic acids is 2. The molecule has 5 nitrogen and oxygen atoms in total. The van der Waals surface area contributed by atoms with E-state index in [0.29, 0.717) is 40.5 Å². The summed E-state index contributed by atoms with van der Waals surface area (Å²) in [5.41, 5.74) is -0.648. The summed E-state index contributed by atoms with van der Waals surface area (Å²) in [4.78, 5) is 25.3. The minimum Gasteiger partial charge on any atom is -0.383 e. The van der Waals surface area contributed by atoms with Gasteiger partial charge in [0.05, 0.1) is 11.6 Å². The Kier molecular flexibility index (Phi) is 8.80. The van der Waals surface area contributed by atoms with Crippen LogP contribution in [0.3, 0.4) is 0 Å². The summed E-state index contributed by atoms with van der Waals surface area (Å²) in [5.74, 6) is -5.62. The summed E-state index contributed by atoms with van der Waals surface area (Å²) in [7, 11) is 0. The maximum Gasteiger partial charge on any atom is 0.255 e. The molecular weight excluding hydrogens is 513 g/mol. The normalized spacial score (nSPS) is 22.0. The molecule has 194 valence electrons. The van der Waals surface area contributed by atoms with E-state index in [1.807, 2.05) is 6.92 Å². The molecule has 0 spiro atoms. The minimum absolute atomic E-state index is 0.00433. The minimum atomic E-state index is -1.62. The Bertz CT molecular complexity index is 1170. The standard InChI is InChI=1S/C26H28ClF3N2O3S/c1-13(2)24(33)31-12-26(35)14(3)7-18(8-15(26)4)36-22-9-16(5-6-19(22)27)25(34)32-17-10-20(28)23(30)21(29)11-17/h5-6,9-11,13,15,18,35H,3,7-8,12H2,1-2,4H3,(H,31,33)(H,32,34)/t15?,18-,26-/m0/s1. The summed E-state index contributed by atoms with van der Waals surface area (Å²) < 4.78 is 40.1. The van der Waals surface area contributed by atoms with Crippen LogP contribution in [0.25, 0.3) is 0 Å². The first-order valence-corrected chi connectivity index (χ1v) is 12.7. The van der Waals surface area contributed by atoms with Crippen LogP contribution in [0.4, 0.5) is 18.9 Å². The van der Waals surface area contributed by atoms with Gasteiger partial charge in [-0.05, 0) is 42.5 Å². The zero-order valence-electron chi connectivity index (χ0n) is 20.1. The highest BCUT2D eigenvalue weighted by Crippen LogP contribution is 2.44. The van der Waals surface area contributed by atoms with Gasteiger partial charge in [-0.3, -0.25) is 9.59 Å². The molecule has 2 amide bonds. The van der Waals surface area contributed by atoms with Crippen LogP contribution in [0.1, 0.15) is 44.0 Å². The Morgan fingerprint density at radius 1 is 1.22 bits per heavy atom. The average molecular weight is 541 g/mol. The van der Waals surface area contributed by atoms with E-state index in [1.165, 1.54) is 17.8 Å². The molecule has 2 aromatic rings. The molecule has 1 fully saturated rings. The fraction of sp³-hybridized carbons (Fsp3) is 0.385. The number of aliphatic hydroxyl groups is 1. The third-order valence-electron chi connectivity index (χ3n) is 6.30. The first-order chi connectivity index (χ1) is 16.8. The number of anilines is 1. The van der Waals surface area contributed by atoms with Gasteiger partial charge in [-0.15, -0.1) is 11.8 Å². The maximum absolute atomic E-state index is 13.5. The van der Waals surface area contributed by atoms with Crippen molar-refractivity contribution in [3.63, 3.8) is 0 Å². The van der Waals surface area contributed by atoms with E-state index in [4.69, 9.17) is 11.6 Å². The first kappa shape index (κ1) is 28.1. The number of halogens is 4. The van der Waals surface area contributed by atoms with Crippen LogP contribution < -0.4 is 10.6 Å². The van der Waals surface area contributed by atoms with Gasteiger partial charge in [0.2, 0.25) is 5.91 Å². The molecule has 0 saturated heterocycles. The van der Waals surface area contributed by atoms with Crippen molar-refractivity contribution in [2.24, 2.45) is 11.8 Å². The fourth-order valence-corrected chi connectivity index (χ4v) is 5.69. The molecule has 3 atom stereocenters. The number of hydrogen-bond acceptors (Lipinski definition) is 4. The zero-order valence-corrected chi connectivity index (χ0v) is 21.7. The molecule has 2 aromatic carbocycles. The Morgan fingerprint density at radius 3 is 2.44 bits per heavy atom. The molecule has 0 bridgehead atoms. The molecule has 0 heterocycles. The summed E-state index contributed by atoms with van der Waals surface area (Å²) in [6.45, 7) is 9.60. The Balaban J connectivity index is 1.70. The van der Waals surface area contributed by atoms with E-state index in [9.17, 15) is 27.9 Å². The van der Waals surface area contributed by atoms with Crippen molar-refractivity contribution in [2.75, 3.05) is 11.9 Å². The van der Waals surface area contributed by atoms with Crippen molar-refractivity contribution in [2.45, 2.75) is 49.4 Å². The smallest absolute Gasteiger partial charge is 0.255 e. The number of amides is 2. The van der Waals surface area contributed by atoms with Crippen molar-refractivity contribution < 1.29 is 27.9 Å². The molecule has 10 heteroatoms. The monoisotopic (exact) mass is 540 g/mol. The predicted molar refractivity (Wildman–Crippen MR) is 136 cm³/mol. The molecule has 3 N–H and O–H groups in total.